The maximum Gasteiger partial charge on any atom is 0.310 e. The van der Waals surface area contributed by atoms with Gasteiger partial charge in [0, 0.05) is 13.0 Å². The van der Waals surface area contributed by atoms with Gasteiger partial charge in [-0.05, 0) is 24.8 Å². The van der Waals surface area contributed by atoms with Crippen LogP contribution in [0.3, 0.4) is 0 Å². The van der Waals surface area contributed by atoms with Crippen molar-refractivity contribution in [1.82, 2.24) is 4.90 Å². The third-order valence-corrected chi connectivity index (χ3v) is 4.82. The molecule has 5 heteroatoms. The van der Waals surface area contributed by atoms with Crippen LogP contribution in [0.25, 0.3) is 0 Å². The maximum atomic E-state index is 12.3. The lowest BCUT2D eigenvalue weighted by Gasteiger charge is -2.29. The minimum absolute atomic E-state index is 0.0422. The van der Waals surface area contributed by atoms with E-state index in [0.717, 1.165) is 24.8 Å². The molecular formula is C18H23NO4. The van der Waals surface area contributed by atoms with Crippen molar-refractivity contribution in [2.24, 2.45) is 5.92 Å². The van der Waals surface area contributed by atoms with Gasteiger partial charge in [-0.15, -0.1) is 0 Å². The predicted molar refractivity (Wildman–Crippen MR) is 84.5 cm³/mol. The van der Waals surface area contributed by atoms with E-state index in [1.54, 1.807) is 0 Å². The number of carbonyl (C=O) groups excluding carboxylic acids is 2. The quantitative estimate of drug-likeness (QED) is 0.781. The second-order valence-electron chi connectivity index (χ2n) is 6.30. The van der Waals surface area contributed by atoms with Crippen LogP contribution in [0, 0.1) is 5.92 Å². The fourth-order valence-corrected chi connectivity index (χ4v) is 3.61. The lowest BCUT2D eigenvalue weighted by Crippen LogP contribution is -2.42. The Morgan fingerprint density at radius 1 is 1.26 bits per heavy atom. The van der Waals surface area contributed by atoms with Crippen LogP contribution < -0.4 is 0 Å². The highest BCUT2D eigenvalue weighted by Crippen LogP contribution is 2.32. The van der Waals surface area contributed by atoms with E-state index in [1.807, 2.05) is 35.2 Å². The monoisotopic (exact) mass is 317 g/mol. The summed E-state index contributed by atoms with van der Waals surface area (Å²) in [6, 6.07) is 10.1. The van der Waals surface area contributed by atoms with E-state index in [0.29, 0.717) is 13.2 Å². The minimum atomic E-state index is -0.331. The summed E-state index contributed by atoms with van der Waals surface area (Å²) in [5.74, 6) is -0.580. The van der Waals surface area contributed by atoms with E-state index in [4.69, 9.17) is 9.47 Å². The Morgan fingerprint density at radius 2 is 2.04 bits per heavy atom. The summed E-state index contributed by atoms with van der Waals surface area (Å²) in [5, 5.41) is 0. The van der Waals surface area contributed by atoms with Crippen molar-refractivity contribution in [2.75, 3.05) is 13.7 Å². The molecule has 1 aliphatic carbocycles. The molecule has 2 aliphatic rings. The minimum Gasteiger partial charge on any atom is -0.469 e. The third kappa shape index (κ3) is 3.55. The molecule has 124 valence electrons. The summed E-state index contributed by atoms with van der Waals surface area (Å²) in [4.78, 5) is 25.8. The molecule has 0 aromatic heterocycles. The van der Waals surface area contributed by atoms with E-state index in [-0.39, 0.29) is 36.4 Å². The molecule has 0 spiro atoms. The fourth-order valence-electron chi connectivity index (χ4n) is 3.61. The maximum absolute atomic E-state index is 12.3. The second kappa shape index (κ2) is 7.13. The number of benzene rings is 1. The smallest absolute Gasteiger partial charge is 0.310 e. The first-order valence-corrected chi connectivity index (χ1v) is 8.22. The van der Waals surface area contributed by atoms with Gasteiger partial charge in [-0.3, -0.25) is 9.59 Å². The van der Waals surface area contributed by atoms with Gasteiger partial charge in [0.1, 0.15) is 0 Å². The molecule has 0 radical (unpaired) electrons. The summed E-state index contributed by atoms with van der Waals surface area (Å²) in [6.07, 6.45) is 3.27. The molecule has 3 unspecified atom stereocenters. The average Bonchev–Trinajstić information content (AvgIpc) is 3.19. The number of rotatable bonds is 5. The highest BCUT2D eigenvalue weighted by Gasteiger charge is 2.43. The number of methoxy groups -OCH3 is 1. The Morgan fingerprint density at radius 3 is 2.78 bits per heavy atom. The van der Waals surface area contributed by atoms with Crippen molar-refractivity contribution in [3.05, 3.63) is 35.9 Å². The van der Waals surface area contributed by atoms with Crippen LogP contribution in [0.1, 0.15) is 31.2 Å². The third-order valence-electron chi connectivity index (χ3n) is 4.82. The van der Waals surface area contributed by atoms with E-state index in [9.17, 15) is 9.59 Å². The number of carbonyl (C=O) groups is 2. The number of ether oxygens (including phenoxy) is 2. The molecule has 1 aromatic carbocycles. The molecule has 23 heavy (non-hydrogen) atoms. The Bertz CT molecular complexity index is 559. The number of hydrogen-bond acceptors (Lipinski definition) is 4. The summed E-state index contributed by atoms with van der Waals surface area (Å²) >= 11 is 0. The van der Waals surface area contributed by atoms with Gasteiger partial charge < -0.3 is 14.4 Å². The number of esters is 1. The van der Waals surface area contributed by atoms with Crippen LogP contribution in [-0.4, -0.2) is 42.6 Å². The zero-order valence-corrected chi connectivity index (χ0v) is 13.4. The number of nitrogens with zero attached hydrogens (tertiary/aromatic N) is 1. The summed E-state index contributed by atoms with van der Waals surface area (Å²) in [5.41, 5.74) is 1.14. The molecule has 1 heterocycles. The molecule has 1 aliphatic heterocycles. The van der Waals surface area contributed by atoms with Crippen LogP contribution in [-0.2, 0) is 25.7 Å². The van der Waals surface area contributed by atoms with Crippen molar-refractivity contribution in [3.63, 3.8) is 0 Å². The van der Waals surface area contributed by atoms with Crippen molar-refractivity contribution in [1.29, 1.82) is 0 Å². The Balaban J connectivity index is 1.60. The number of likely N-dealkylation sites (tertiary alicyclic amines) is 1. The SMILES string of the molecule is COC(=O)C1CC(=O)N(C2CCCC2OCc2ccccc2)C1. The lowest BCUT2D eigenvalue weighted by molar-refractivity contribution is -0.145. The van der Waals surface area contributed by atoms with Crippen molar-refractivity contribution in [3.8, 4) is 0 Å². The summed E-state index contributed by atoms with van der Waals surface area (Å²) in [7, 11) is 1.37. The first kappa shape index (κ1) is 16.0. The largest absolute Gasteiger partial charge is 0.469 e. The molecule has 1 amide bonds. The lowest BCUT2D eigenvalue weighted by atomic mass is 10.1. The van der Waals surface area contributed by atoms with E-state index in [1.165, 1.54) is 7.11 Å². The van der Waals surface area contributed by atoms with Crippen molar-refractivity contribution < 1.29 is 19.1 Å². The zero-order valence-electron chi connectivity index (χ0n) is 13.4. The molecule has 2 fully saturated rings. The molecule has 0 bridgehead atoms. The van der Waals surface area contributed by atoms with Gasteiger partial charge >= 0.3 is 5.97 Å². The molecule has 1 saturated carbocycles. The van der Waals surface area contributed by atoms with Gasteiger partial charge in [0.2, 0.25) is 5.91 Å². The standard InChI is InChI=1S/C18H23NO4/c1-22-18(21)14-10-17(20)19(11-14)15-8-5-9-16(15)23-12-13-6-3-2-4-7-13/h2-4,6-7,14-16H,5,8-12H2,1H3. The predicted octanol–water partition coefficient (Wildman–Crippen LogP) is 2.15. The molecule has 0 N–H and O–H groups in total. The number of amides is 1. The van der Waals surface area contributed by atoms with Crippen LogP contribution in [0.2, 0.25) is 0 Å². The van der Waals surface area contributed by atoms with Gasteiger partial charge in [0.15, 0.2) is 0 Å². The first-order chi connectivity index (χ1) is 11.2. The highest BCUT2D eigenvalue weighted by atomic mass is 16.5. The molecule has 5 nitrogen and oxygen atoms in total. The van der Waals surface area contributed by atoms with Gasteiger partial charge in [0.25, 0.3) is 0 Å². The van der Waals surface area contributed by atoms with Gasteiger partial charge in [-0.25, -0.2) is 0 Å². The van der Waals surface area contributed by atoms with E-state index >= 15 is 0 Å². The van der Waals surface area contributed by atoms with Gasteiger partial charge in [-0.2, -0.15) is 0 Å². The zero-order chi connectivity index (χ0) is 16.2. The summed E-state index contributed by atoms with van der Waals surface area (Å²) < 4.78 is 10.9. The average molecular weight is 317 g/mol. The second-order valence-corrected chi connectivity index (χ2v) is 6.30. The van der Waals surface area contributed by atoms with Crippen LogP contribution in [0.15, 0.2) is 30.3 Å². The Hall–Kier alpha value is -1.88. The van der Waals surface area contributed by atoms with E-state index < -0.39 is 0 Å². The Labute approximate surface area is 136 Å². The Kier molecular flexibility index (Phi) is 4.96. The fraction of sp³-hybridized carbons (Fsp3) is 0.556. The normalized spacial score (nSPS) is 27.4. The van der Waals surface area contributed by atoms with Crippen LogP contribution in [0.4, 0.5) is 0 Å². The van der Waals surface area contributed by atoms with Gasteiger partial charge in [0.05, 0.1) is 31.8 Å². The van der Waals surface area contributed by atoms with Crippen molar-refractivity contribution in [2.45, 2.75) is 44.4 Å². The van der Waals surface area contributed by atoms with E-state index in [2.05, 4.69) is 0 Å². The topological polar surface area (TPSA) is 55.8 Å². The van der Waals surface area contributed by atoms with Crippen molar-refractivity contribution >= 4 is 11.9 Å². The molecule has 3 rings (SSSR count). The van der Waals surface area contributed by atoms with Crippen LogP contribution >= 0.6 is 0 Å². The van der Waals surface area contributed by atoms with Gasteiger partial charge in [-0.1, -0.05) is 30.3 Å². The molecule has 1 aromatic rings. The van der Waals surface area contributed by atoms with Crippen LogP contribution in [0.5, 0.6) is 0 Å². The molecule has 1 saturated heterocycles. The highest BCUT2D eigenvalue weighted by molar-refractivity contribution is 5.87. The molecular weight excluding hydrogens is 294 g/mol. The first-order valence-electron chi connectivity index (χ1n) is 8.22. The summed E-state index contributed by atoms with van der Waals surface area (Å²) in [6.45, 7) is 1.02. The number of hydrogen-bond donors (Lipinski definition) is 0. The molecule has 3 atom stereocenters.